The summed E-state index contributed by atoms with van der Waals surface area (Å²) in [5.41, 5.74) is -0.533. The fourth-order valence-corrected chi connectivity index (χ4v) is 2.15. The van der Waals surface area contributed by atoms with Crippen LogP contribution in [-0.2, 0) is 9.47 Å². The van der Waals surface area contributed by atoms with Crippen LogP contribution in [-0.4, -0.2) is 30.8 Å². The van der Waals surface area contributed by atoms with E-state index < -0.39 is 0 Å². The molecule has 0 radical (unpaired) electrons. The monoisotopic (exact) mass is 213 g/mol. The second-order valence-corrected chi connectivity index (χ2v) is 5.58. The molecule has 1 aliphatic rings. The summed E-state index contributed by atoms with van der Waals surface area (Å²) in [6.07, 6.45) is 0. The van der Waals surface area contributed by atoms with Crippen molar-refractivity contribution >= 4 is 5.90 Å². The van der Waals surface area contributed by atoms with Crippen molar-refractivity contribution in [1.82, 2.24) is 0 Å². The predicted octanol–water partition coefficient (Wildman–Crippen LogP) is 2.64. The first-order valence-electron chi connectivity index (χ1n) is 5.41. The maximum atomic E-state index is 5.83. The molecule has 1 unspecified atom stereocenters. The quantitative estimate of drug-likeness (QED) is 0.706. The summed E-state index contributed by atoms with van der Waals surface area (Å²) >= 11 is 0. The van der Waals surface area contributed by atoms with E-state index in [0.29, 0.717) is 6.61 Å². The lowest BCUT2D eigenvalue weighted by molar-refractivity contribution is -0.0994. The Bertz CT molecular complexity index is 281. The highest BCUT2D eigenvalue weighted by molar-refractivity contribution is 5.75. The number of rotatable bonds is 2. The van der Waals surface area contributed by atoms with E-state index in [4.69, 9.17) is 9.47 Å². The molecule has 0 amide bonds. The molecule has 0 aromatic heterocycles. The number of hydrogen-bond acceptors (Lipinski definition) is 3. The fourth-order valence-electron chi connectivity index (χ4n) is 2.15. The largest absolute Gasteiger partial charge is 0.475 e. The van der Waals surface area contributed by atoms with Crippen molar-refractivity contribution in [1.29, 1.82) is 0 Å². The van der Waals surface area contributed by atoms with Crippen LogP contribution in [0.15, 0.2) is 4.99 Å². The Hall–Kier alpha value is -0.570. The Balaban J connectivity index is 3.19. The smallest absolute Gasteiger partial charge is 0.181 e. The van der Waals surface area contributed by atoms with Gasteiger partial charge in [-0.1, -0.05) is 13.8 Å². The summed E-state index contributed by atoms with van der Waals surface area (Å²) in [4.78, 5) is 4.62. The third kappa shape index (κ3) is 1.78. The Kier molecular flexibility index (Phi) is 2.90. The van der Waals surface area contributed by atoms with Crippen molar-refractivity contribution in [2.45, 2.75) is 52.7 Å². The van der Waals surface area contributed by atoms with E-state index in [1.165, 1.54) is 0 Å². The van der Waals surface area contributed by atoms with Crippen molar-refractivity contribution in [3.8, 4) is 0 Å². The summed E-state index contributed by atoms with van der Waals surface area (Å²) in [7, 11) is 1.72. The van der Waals surface area contributed by atoms with Gasteiger partial charge in [0.1, 0.15) is 5.60 Å². The number of nitrogens with zero attached hydrogens (tertiary/aromatic N) is 1. The standard InChI is InChI=1S/C12H23NO2/c1-9-13-12(6,8-14-7)10(2,3)11(4,5)15-9/h8H2,1-7H3. The van der Waals surface area contributed by atoms with Crippen LogP contribution in [0, 0.1) is 5.41 Å². The second-order valence-electron chi connectivity index (χ2n) is 5.58. The molecule has 0 bridgehead atoms. The Morgan fingerprint density at radius 3 is 2.20 bits per heavy atom. The molecule has 1 atom stereocenters. The number of aliphatic imine (C=N–C) groups is 1. The second kappa shape index (κ2) is 3.48. The minimum atomic E-state index is -0.230. The van der Waals surface area contributed by atoms with Crippen molar-refractivity contribution in [2.24, 2.45) is 10.4 Å². The molecular formula is C12H23NO2. The number of methoxy groups -OCH3 is 1. The zero-order valence-electron chi connectivity index (χ0n) is 11.0. The van der Waals surface area contributed by atoms with E-state index in [-0.39, 0.29) is 16.6 Å². The molecular weight excluding hydrogens is 190 g/mol. The highest BCUT2D eigenvalue weighted by Crippen LogP contribution is 2.48. The summed E-state index contributed by atoms with van der Waals surface area (Å²) in [6, 6.07) is 0. The minimum Gasteiger partial charge on any atom is -0.475 e. The first-order valence-corrected chi connectivity index (χ1v) is 5.41. The van der Waals surface area contributed by atoms with Gasteiger partial charge in [0, 0.05) is 19.4 Å². The molecule has 88 valence electrons. The van der Waals surface area contributed by atoms with E-state index in [1.54, 1.807) is 7.11 Å². The molecule has 0 fully saturated rings. The van der Waals surface area contributed by atoms with Gasteiger partial charge in [0.2, 0.25) is 0 Å². The number of ether oxygens (including phenoxy) is 2. The lowest BCUT2D eigenvalue weighted by atomic mass is 9.63. The molecule has 0 aromatic carbocycles. The van der Waals surface area contributed by atoms with Crippen LogP contribution < -0.4 is 0 Å². The molecule has 1 aliphatic heterocycles. The molecule has 3 nitrogen and oxygen atoms in total. The van der Waals surface area contributed by atoms with Crippen molar-refractivity contribution in [3.63, 3.8) is 0 Å². The van der Waals surface area contributed by atoms with Gasteiger partial charge >= 0.3 is 0 Å². The summed E-state index contributed by atoms with van der Waals surface area (Å²) in [5, 5.41) is 0. The summed E-state index contributed by atoms with van der Waals surface area (Å²) in [6.45, 7) is 13.2. The van der Waals surface area contributed by atoms with Crippen LogP contribution in [0.3, 0.4) is 0 Å². The van der Waals surface area contributed by atoms with Gasteiger partial charge in [-0.25, -0.2) is 4.99 Å². The number of hydrogen-bond donors (Lipinski definition) is 0. The molecule has 3 heteroatoms. The lowest BCUT2D eigenvalue weighted by Crippen LogP contribution is -2.60. The average Bonchev–Trinajstić information content (AvgIpc) is 1.99. The molecule has 0 spiro atoms. The Morgan fingerprint density at radius 2 is 1.73 bits per heavy atom. The zero-order valence-corrected chi connectivity index (χ0v) is 11.0. The van der Waals surface area contributed by atoms with Crippen LogP contribution in [0.2, 0.25) is 0 Å². The van der Waals surface area contributed by atoms with E-state index in [0.717, 1.165) is 5.90 Å². The van der Waals surface area contributed by atoms with Gasteiger partial charge in [-0.3, -0.25) is 0 Å². The van der Waals surface area contributed by atoms with E-state index in [1.807, 2.05) is 6.92 Å². The van der Waals surface area contributed by atoms with Gasteiger partial charge in [-0.2, -0.15) is 0 Å². The van der Waals surface area contributed by atoms with E-state index >= 15 is 0 Å². The summed E-state index contributed by atoms with van der Waals surface area (Å²) in [5.74, 6) is 0.749. The van der Waals surface area contributed by atoms with Crippen LogP contribution in [0.5, 0.6) is 0 Å². The first-order chi connectivity index (χ1) is 6.66. The highest BCUT2D eigenvalue weighted by Gasteiger charge is 2.55. The molecule has 0 saturated heterocycles. The Morgan fingerprint density at radius 1 is 1.20 bits per heavy atom. The summed E-state index contributed by atoms with van der Waals surface area (Å²) < 4.78 is 11.1. The van der Waals surface area contributed by atoms with Crippen LogP contribution in [0.1, 0.15) is 41.5 Å². The third-order valence-electron chi connectivity index (χ3n) is 4.08. The van der Waals surface area contributed by atoms with Crippen LogP contribution >= 0.6 is 0 Å². The topological polar surface area (TPSA) is 30.8 Å². The molecule has 0 N–H and O–H groups in total. The average molecular weight is 213 g/mol. The van der Waals surface area contributed by atoms with Gasteiger partial charge in [0.15, 0.2) is 5.90 Å². The van der Waals surface area contributed by atoms with Gasteiger partial charge < -0.3 is 9.47 Å². The molecule has 1 heterocycles. The van der Waals surface area contributed by atoms with E-state index in [9.17, 15) is 0 Å². The SMILES string of the molecule is COCC1(C)N=C(C)OC(C)(C)C1(C)C. The molecule has 0 aliphatic carbocycles. The van der Waals surface area contributed by atoms with Gasteiger partial charge in [-0.05, 0) is 20.8 Å². The fraction of sp³-hybridized carbons (Fsp3) is 0.917. The lowest BCUT2D eigenvalue weighted by Gasteiger charge is -2.53. The first kappa shape index (κ1) is 12.5. The maximum Gasteiger partial charge on any atom is 0.181 e. The van der Waals surface area contributed by atoms with E-state index in [2.05, 4.69) is 39.6 Å². The predicted molar refractivity (Wildman–Crippen MR) is 62.3 cm³/mol. The van der Waals surface area contributed by atoms with Crippen LogP contribution in [0.4, 0.5) is 0 Å². The maximum absolute atomic E-state index is 5.83. The van der Waals surface area contributed by atoms with Crippen molar-refractivity contribution in [3.05, 3.63) is 0 Å². The molecule has 15 heavy (non-hydrogen) atoms. The van der Waals surface area contributed by atoms with Crippen molar-refractivity contribution < 1.29 is 9.47 Å². The molecule has 0 aromatic rings. The van der Waals surface area contributed by atoms with Gasteiger partial charge in [0.05, 0.1) is 12.1 Å². The molecule has 0 saturated carbocycles. The normalized spacial score (nSPS) is 33.1. The zero-order chi connectivity index (χ0) is 11.9. The molecule has 1 rings (SSSR count). The van der Waals surface area contributed by atoms with Gasteiger partial charge in [-0.15, -0.1) is 0 Å². The third-order valence-corrected chi connectivity index (χ3v) is 4.08. The van der Waals surface area contributed by atoms with Gasteiger partial charge in [0.25, 0.3) is 0 Å². The van der Waals surface area contributed by atoms with Crippen molar-refractivity contribution in [2.75, 3.05) is 13.7 Å². The van der Waals surface area contributed by atoms with Crippen LogP contribution in [0.25, 0.3) is 0 Å². The highest BCUT2D eigenvalue weighted by atomic mass is 16.5. The minimum absolute atomic E-state index is 0.0739. The Labute approximate surface area is 92.9 Å².